The monoisotopic (exact) mass is 384 g/mol. The van der Waals surface area contributed by atoms with E-state index < -0.39 is 0 Å². The molecule has 1 heterocycles. The Hall–Kier alpha value is -1.35. The number of likely N-dealkylation sites (N-methyl/N-ethyl adjacent to an activating group) is 1. The maximum Gasteiger partial charge on any atom is 0.222 e. The molecule has 3 rings (SSSR count). The first-order valence-electron chi connectivity index (χ1n) is 11.3. The number of fused-ring (bicyclic) bond motifs is 1. The summed E-state index contributed by atoms with van der Waals surface area (Å²) in [6, 6.07) is 0.242. The molecule has 1 atom stereocenters. The molecule has 156 valence electrons. The highest BCUT2D eigenvalue weighted by atomic mass is 16.2. The third-order valence-electron chi connectivity index (χ3n) is 7.15. The number of allylic oxidation sites excluding steroid dienone is 4. The molecule has 0 radical (unpaired) electrons. The molecule has 0 aromatic heterocycles. The molecule has 1 fully saturated rings. The van der Waals surface area contributed by atoms with Gasteiger partial charge in [-0.15, -0.1) is 0 Å². The minimum atomic E-state index is 0.242. The van der Waals surface area contributed by atoms with Crippen molar-refractivity contribution in [2.45, 2.75) is 78.7 Å². The quantitative estimate of drug-likeness (QED) is 0.652. The van der Waals surface area contributed by atoms with E-state index in [0.717, 1.165) is 12.8 Å². The Morgan fingerprint density at radius 3 is 2.50 bits per heavy atom. The van der Waals surface area contributed by atoms with Crippen molar-refractivity contribution in [1.29, 1.82) is 0 Å². The van der Waals surface area contributed by atoms with E-state index in [9.17, 15) is 4.79 Å². The van der Waals surface area contributed by atoms with Gasteiger partial charge in [0, 0.05) is 13.5 Å². The lowest BCUT2D eigenvalue weighted by Gasteiger charge is -2.49. The summed E-state index contributed by atoms with van der Waals surface area (Å²) >= 11 is 0. The average molecular weight is 385 g/mol. The van der Waals surface area contributed by atoms with Gasteiger partial charge >= 0.3 is 0 Å². The number of nitrogens with zero attached hydrogens (tertiary/aromatic N) is 2. The van der Waals surface area contributed by atoms with Crippen molar-refractivity contribution in [3.8, 4) is 0 Å². The molecule has 3 aliphatic rings. The lowest BCUT2D eigenvalue weighted by molar-refractivity contribution is -0.131. The van der Waals surface area contributed by atoms with Gasteiger partial charge in [-0.25, -0.2) is 0 Å². The highest BCUT2D eigenvalue weighted by Gasteiger charge is 2.43. The van der Waals surface area contributed by atoms with Crippen LogP contribution in [0.5, 0.6) is 0 Å². The van der Waals surface area contributed by atoms with Crippen LogP contribution >= 0.6 is 0 Å². The third-order valence-corrected chi connectivity index (χ3v) is 7.15. The Kier molecular flexibility index (Phi) is 6.54. The Labute approximate surface area is 172 Å². The molecule has 1 spiro atoms. The lowest BCUT2D eigenvalue weighted by Crippen LogP contribution is -2.47. The second-order valence-corrected chi connectivity index (χ2v) is 10.3. The summed E-state index contributed by atoms with van der Waals surface area (Å²) in [5, 5.41) is 0. The summed E-state index contributed by atoms with van der Waals surface area (Å²) in [6.45, 7) is 12.6. The maximum absolute atomic E-state index is 12.4. The van der Waals surface area contributed by atoms with Crippen molar-refractivity contribution in [2.24, 2.45) is 10.8 Å². The minimum Gasteiger partial charge on any atom is -0.339 e. The van der Waals surface area contributed by atoms with Crippen LogP contribution in [-0.2, 0) is 4.79 Å². The molecule has 3 heteroatoms. The number of amides is 1. The van der Waals surface area contributed by atoms with Crippen LogP contribution in [0.1, 0.15) is 72.6 Å². The Balaban J connectivity index is 1.80. The van der Waals surface area contributed by atoms with E-state index in [1.165, 1.54) is 56.5 Å². The zero-order chi connectivity index (χ0) is 20.4. The smallest absolute Gasteiger partial charge is 0.222 e. The molecule has 3 nitrogen and oxygen atoms in total. The normalized spacial score (nSPS) is 25.0. The van der Waals surface area contributed by atoms with Crippen molar-refractivity contribution in [3.05, 3.63) is 35.5 Å². The molecule has 0 N–H and O–H groups in total. The second-order valence-electron chi connectivity index (χ2n) is 10.3. The number of carbonyl (C=O) groups is 1. The molecule has 1 aliphatic heterocycles. The van der Waals surface area contributed by atoms with Crippen LogP contribution in [-0.4, -0.2) is 48.4 Å². The summed E-state index contributed by atoms with van der Waals surface area (Å²) < 4.78 is 0. The van der Waals surface area contributed by atoms with Gasteiger partial charge in [-0.1, -0.05) is 52.0 Å². The third kappa shape index (κ3) is 4.62. The Bertz CT molecular complexity index is 657. The summed E-state index contributed by atoms with van der Waals surface area (Å²) in [7, 11) is 2.00. The number of rotatable bonds is 4. The van der Waals surface area contributed by atoms with Crippen molar-refractivity contribution in [3.63, 3.8) is 0 Å². The molecule has 1 amide bonds. The van der Waals surface area contributed by atoms with E-state index in [4.69, 9.17) is 0 Å². The van der Waals surface area contributed by atoms with E-state index in [-0.39, 0.29) is 11.9 Å². The van der Waals surface area contributed by atoms with E-state index in [0.29, 0.717) is 17.3 Å². The zero-order valence-electron chi connectivity index (χ0n) is 18.8. The summed E-state index contributed by atoms with van der Waals surface area (Å²) in [5.41, 5.74) is 3.66. The van der Waals surface area contributed by atoms with Crippen LogP contribution < -0.4 is 0 Å². The first-order chi connectivity index (χ1) is 13.3. The van der Waals surface area contributed by atoms with Crippen molar-refractivity contribution in [2.75, 3.05) is 26.7 Å². The molecule has 0 aromatic carbocycles. The summed E-state index contributed by atoms with van der Waals surface area (Å²) in [5.74, 6) is 0.256. The van der Waals surface area contributed by atoms with Crippen LogP contribution in [0.25, 0.3) is 0 Å². The van der Waals surface area contributed by atoms with Gasteiger partial charge in [0.25, 0.3) is 0 Å². The molecule has 1 saturated heterocycles. The van der Waals surface area contributed by atoms with Crippen LogP contribution in [0.4, 0.5) is 0 Å². The molecule has 28 heavy (non-hydrogen) atoms. The molecular weight excluding hydrogens is 344 g/mol. The molecule has 0 saturated carbocycles. The fourth-order valence-corrected chi connectivity index (χ4v) is 5.17. The number of carbonyl (C=O) groups excluding carboxylic acids is 1. The maximum atomic E-state index is 12.4. The minimum absolute atomic E-state index is 0.242. The SMILES string of the molecule is CCC(=O)N(C)[C@H]1CCC2(CCN(CCC(C)(C)C)CC2)C2=C1C=CCC=C2. The van der Waals surface area contributed by atoms with Gasteiger partial charge in [0.1, 0.15) is 0 Å². The van der Waals surface area contributed by atoms with E-state index >= 15 is 0 Å². The van der Waals surface area contributed by atoms with Crippen LogP contribution in [0, 0.1) is 10.8 Å². The Morgan fingerprint density at radius 2 is 1.86 bits per heavy atom. The van der Waals surface area contributed by atoms with Crippen molar-refractivity contribution >= 4 is 5.91 Å². The number of likely N-dealkylation sites (tertiary alicyclic amines) is 1. The van der Waals surface area contributed by atoms with Gasteiger partial charge in [0.2, 0.25) is 5.91 Å². The predicted octanol–water partition coefficient (Wildman–Crippen LogP) is 5.35. The molecule has 0 unspecified atom stereocenters. The lowest BCUT2D eigenvalue weighted by atomic mass is 9.63. The number of piperidine rings is 1. The van der Waals surface area contributed by atoms with Crippen LogP contribution in [0.3, 0.4) is 0 Å². The first-order valence-corrected chi connectivity index (χ1v) is 11.3. The number of hydrogen-bond donors (Lipinski definition) is 0. The fourth-order valence-electron chi connectivity index (χ4n) is 5.17. The van der Waals surface area contributed by atoms with Gasteiger partial charge in [-0.05, 0) is 80.1 Å². The van der Waals surface area contributed by atoms with Crippen LogP contribution in [0.2, 0.25) is 0 Å². The van der Waals surface area contributed by atoms with Gasteiger partial charge in [-0.2, -0.15) is 0 Å². The highest BCUT2D eigenvalue weighted by molar-refractivity contribution is 5.76. The topological polar surface area (TPSA) is 23.6 Å². The van der Waals surface area contributed by atoms with Gasteiger partial charge < -0.3 is 9.80 Å². The van der Waals surface area contributed by atoms with E-state index in [2.05, 4.69) is 50.0 Å². The van der Waals surface area contributed by atoms with E-state index in [1.807, 2.05) is 18.9 Å². The van der Waals surface area contributed by atoms with E-state index in [1.54, 1.807) is 0 Å². The highest BCUT2D eigenvalue weighted by Crippen LogP contribution is 2.50. The summed E-state index contributed by atoms with van der Waals surface area (Å²) in [6.07, 6.45) is 17.0. The molecule has 2 aliphatic carbocycles. The van der Waals surface area contributed by atoms with Gasteiger partial charge in [0.15, 0.2) is 0 Å². The zero-order valence-corrected chi connectivity index (χ0v) is 18.8. The summed E-state index contributed by atoms with van der Waals surface area (Å²) in [4.78, 5) is 17.1. The Morgan fingerprint density at radius 1 is 1.18 bits per heavy atom. The second kappa shape index (κ2) is 8.57. The largest absolute Gasteiger partial charge is 0.339 e. The predicted molar refractivity (Wildman–Crippen MR) is 118 cm³/mol. The molecule has 0 aromatic rings. The van der Waals surface area contributed by atoms with Crippen molar-refractivity contribution in [1.82, 2.24) is 9.80 Å². The van der Waals surface area contributed by atoms with Crippen LogP contribution in [0.15, 0.2) is 35.5 Å². The first kappa shape index (κ1) is 21.4. The van der Waals surface area contributed by atoms with Gasteiger partial charge in [0.05, 0.1) is 6.04 Å². The standard InChI is InChI=1S/C25H40N2O/c1-6-23(28)26(5)22-12-13-25(21-11-9-7-8-10-20(21)22)15-18-27(19-16-25)17-14-24(2,3)4/h8-11,22H,6-7,12-19H2,1-5H3/t22-/m0/s1. The molecule has 0 bridgehead atoms. The van der Waals surface area contributed by atoms with Crippen molar-refractivity contribution < 1.29 is 4.79 Å². The molecular formula is C25H40N2O. The van der Waals surface area contributed by atoms with Gasteiger partial charge in [-0.3, -0.25) is 4.79 Å². The fraction of sp³-hybridized carbons (Fsp3) is 0.720. The number of hydrogen-bond acceptors (Lipinski definition) is 2. The average Bonchev–Trinajstić information content (AvgIpc) is 2.93.